The SMILES string of the molecule is O=C(CCC1CN(C(=O)Cc2ccccc2F)CC12CCC2)N1CCCC1. The van der Waals surface area contributed by atoms with Crippen LogP contribution in [0.15, 0.2) is 24.3 Å². The van der Waals surface area contributed by atoms with Crippen molar-refractivity contribution in [3.63, 3.8) is 0 Å². The van der Waals surface area contributed by atoms with Crippen LogP contribution in [-0.2, 0) is 16.0 Å². The molecule has 4 rings (SSSR count). The van der Waals surface area contributed by atoms with Gasteiger partial charge in [0.1, 0.15) is 5.82 Å². The second-order valence-electron chi connectivity index (χ2n) is 8.58. The molecule has 3 aliphatic rings. The van der Waals surface area contributed by atoms with Crippen LogP contribution in [-0.4, -0.2) is 47.8 Å². The smallest absolute Gasteiger partial charge is 0.227 e. The maximum atomic E-state index is 13.9. The molecule has 5 heteroatoms. The zero-order valence-corrected chi connectivity index (χ0v) is 16.0. The Balaban J connectivity index is 1.36. The van der Waals surface area contributed by atoms with Gasteiger partial charge in [0.05, 0.1) is 6.42 Å². The number of carbonyl (C=O) groups excluding carboxylic acids is 2. The highest BCUT2D eigenvalue weighted by Crippen LogP contribution is 2.53. The molecule has 27 heavy (non-hydrogen) atoms. The number of benzene rings is 1. The maximum absolute atomic E-state index is 13.9. The van der Waals surface area contributed by atoms with E-state index in [4.69, 9.17) is 0 Å². The van der Waals surface area contributed by atoms with Crippen molar-refractivity contribution in [1.82, 2.24) is 9.80 Å². The van der Waals surface area contributed by atoms with Gasteiger partial charge in [-0.05, 0) is 55.1 Å². The van der Waals surface area contributed by atoms with Crippen LogP contribution in [0.25, 0.3) is 0 Å². The van der Waals surface area contributed by atoms with Gasteiger partial charge in [0.25, 0.3) is 0 Å². The van der Waals surface area contributed by atoms with Crippen LogP contribution in [0.2, 0.25) is 0 Å². The van der Waals surface area contributed by atoms with E-state index in [2.05, 4.69) is 0 Å². The van der Waals surface area contributed by atoms with Crippen LogP contribution < -0.4 is 0 Å². The molecule has 1 aromatic rings. The van der Waals surface area contributed by atoms with Crippen molar-refractivity contribution in [3.05, 3.63) is 35.6 Å². The molecule has 1 spiro atoms. The molecule has 3 fully saturated rings. The first-order valence-electron chi connectivity index (χ1n) is 10.4. The molecule has 0 aromatic heterocycles. The van der Waals surface area contributed by atoms with E-state index in [1.165, 1.54) is 12.5 Å². The molecule has 1 saturated carbocycles. The van der Waals surface area contributed by atoms with Crippen LogP contribution in [0.5, 0.6) is 0 Å². The fraction of sp³-hybridized carbons (Fsp3) is 0.636. The fourth-order valence-electron chi connectivity index (χ4n) is 5.16. The standard InChI is InChI=1S/C22H29FN2O2/c23-19-7-2-1-6-17(19)14-21(27)25-15-18(22(16-25)10-5-11-22)8-9-20(26)24-12-3-4-13-24/h1-2,6-7,18H,3-5,8-16H2. The summed E-state index contributed by atoms with van der Waals surface area (Å²) in [6.45, 7) is 3.31. The van der Waals surface area contributed by atoms with Crippen LogP contribution in [0.1, 0.15) is 50.5 Å². The van der Waals surface area contributed by atoms with Crippen molar-refractivity contribution < 1.29 is 14.0 Å². The molecule has 0 radical (unpaired) electrons. The van der Waals surface area contributed by atoms with Crippen LogP contribution in [0, 0.1) is 17.2 Å². The molecule has 0 N–H and O–H groups in total. The van der Waals surface area contributed by atoms with Crippen molar-refractivity contribution >= 4 is 11.8 Å². The van der Waals surface area contributed by atoms with E-state index in [0.29, 0.717) is 17.9 Å². The second-order valence-corrected chi connectivity index (χ2v) is 8.58. The molecule has 2 saturated heterocycles. The number of amides is 2. The summed E-state index contributed by atoms with van der Waals surface area (Å²) in [7, 11) is 0. The topological polar surface area (TPSA) is 40.6 Å². The molecule has 2 amide bonds. The van der Waals surface area contributed by atoms with Gasteiger partial charge in [-0.1, -0.05) is 24.6 Å². The molecular weight excluding hydrogens is 343 g/mol. The summed E-state index contributed by atoms with van der Waals surface area (Å²) >= 11 is 0. The minimum absolute atomic E-state index is 0.0137. The van der Waals surface area contributed by atoms with Gasteiger partial charge < -0.3 is 9.80 Å². The monoisotopic (exact) mass is 372 g/mol. The van der Waals surface area contributed by atoms with E-state index in [-0.39, 0.29) is 29.5 Å². The quantitative estimate of drug-likeness (QED) is 0.795. The third-order valence-electron chi connectivity index (χ3n) is 6.98. The number of carbonyl (C=O) groups is 2. The Kier molecular flexibility index (Phi) is 5.20. The fourth-order valence-corrected chi connectivity index (χ4v) is 5.16. The second kappa shape index (κ2) is 7.61. The zero-order chi connectivity index (χ0) is 18.9. The summed E-state index contributed by atoms with van der Waals surface area (Å²) in [5.41, 5.74) is 0.675. The Morgan fingerprint density at radius 3 is 2.44 bits per heavy atom. The molecular formula is C22H29FN2O2. The van der Waals surface area contributed by atoms with Crippen molar-refractivity contribution in [1.29, 1.82) is 0 Å². The molecule has 2 heterocycles. The van der Waals surface area contributed by atoms with Gasteiger partial charge in [-0.15, -0.1) is 0 Å². The largest absolute Gasteiger partial charge is 0.343 e. The van der Waals surface area contributed by atoms with E-state index in [0.717, 1.165) is 58.3 Å². The molecule has 1 aromatic carbocycles. The summed E-state index contributed by atoms with van der Waals surface area (Å²) in [5.74, 6) is 0.386. The minimum Gasteiger partial charge on any atom is -0.343 e. The predicted octanol–water partition coefficient (Wildman–Crippen LogP) is 3.40. The number of nitrogens with zero attached hydrogens (tertiary/aromatic N) is 2. The Hall–Kier alpha value is -1.91. The number of likely N-dealkylation sites (tertiary alicyclic amines) is 2. The zero-order valence-electron chi connectivity index (χ0n) is 16.0. The highest BCUT2D eigenvalue weighted by Gasteiger charge is 2.51. The normalized spacial score (nSPS) is 23.7. The summed E-state index contributed by atoms with van der Waals surface area (Å²) in [4.78, 5) is 29.1. The molecule has 0 bridgehead atoms. The lowest BCUT2D eigenvalue weighted by atomic mass is 9.62. The highest BCUT2D eigenvalue weighted by atomic mass is 19.1. The highest BCUT2D eigenvalue weighted by molar-refractivity contribution is 5.79. The van der Waals surface area contributed by atoms with E-state index < -0.39 is 0 Å². The first kappa shape index (κ1) is 18.5. The Labute approximate surface area is 160 Å². The lowest BCUT2D eigenvalue weighted by Crippen LogP contribution is -2.39. The van der Waals surface area contributed by atoms with Gasteiger partial charge in [-0.3, -0.25) is 9.59 Å². The van der Waals surface area contributed by atoms with E-state index >= 15 is 0 Å². The predicted molar refractivity (Wildman–Crippen MR) is 102 cm³/mol. The van der Waals surface area contributed by atoms with Crippen LogP contribution in [0.3, 0.4) is 0 Å². The van der Waals surface area contributed by atoms with Crippen molar-refractivity contribution in [2.75, 3.05) is 26.2 Å². The van der Waals surface area contributed by atoms with E-state index in [9.17, 15) is 14.0 Å². The van der Waals surface area contributed by atoms with Gasteiger partial charge >= 0.3 is 0 Å². The number of hydrogen-bond acceptors (Lipinski definition) is 2. The number of rotatable bonds is 5. The van der Waals surface area contributed by atoms with E-state index in [1.54, 1.807) is 18.2 Å². The maximum Gasteiger partial charge on any atom is 0.227 e. The number of hydrogen-bond donors (Lipinski definition) is 0. The molecule has 1 aliphatic carbocycles. The van der Waals surface area contributed by atoms with Crippen LogP contribution in [0.4, 0.5) is 4.39 Å². The lowest BCUT2D eigenvalue weighted by molar-refractivity contribution is -0.131. The Morgan fingerprint density at radius 1 is 1.04 bits per heavy atom. The van der Waals surface area contributed by atoms with Gasteiger partial charge in [-0.2, -0.15) is 0 Å². The summed E-state index contributed by atoms with van der Waals surface area (Å²) in [6, 6.07) is 6.52. The third kappa shape index (κ3) is 3.74. The molecule has 146 valence electrons. The summed E-state index contributed by atoms with van der Waals surface area (Å²) < 4.78 is 13.9. The van der Waals surface area contributed by atoms with Crippen molar-refractivity contribution in [3.8, 4) is 0 Å². The first-order chi connectivity index (χ1) is 13.1. The minimum atomic E-state index is -0.309. The molecule has 4 nitrogen and oxygen atoms in total. The summed E-state index contributed by atoms with van der Waals surface area (Å²) in [6.07, 6.45) is 7.36. The molecule has 1 unspecified atom stereocenters. The third-order valence-corrected chi connectivity index (χ3v) is 6.98. The van der Waals surface area contributed by atoms with Crippen molar-refractivity contribution in [2.24, 2.45) is 11.3 Å². The average molecular weight is 372 g/mol. The van der Waals surface area contributed by atoms with Gasteiger partial charge in [0.15, 0.2) is 0 Å². The van der Waals surface area contributed by atoms with Gasteiger partial charge in [0, 0.05) is 32.6 Å². The van der Waals surface area contributed by atoms with Crippen molar-refractivity contribution in [2.45, 2.75) is 51.4 Å². The van der Waals surface area contributed by atoms with Crippen LogP contribution >= 0.6 is 0 Å². The Bertz CT molecular complexity index is 710. The summed E-state index contributed by atoms with van der Waals surface area (Å²) in [5, 5.41) is 0. The number of halogens is 1. The molecule has 2 aliphatic heterocycles. The lowest BCUT2D eigenvalue weighted by Gasteiger charge is -2.43. The molecule has 1 atom stereocenters. The van der Waals surface area contributed by atoms with Gasteiger partial charge in [-0.25, -0.2) is 4.39 Å². The Morgan fingerprint density at radius 2 is 1.78 bits per heavy atom. The first-order valence-corrected chi connectivity index (χ1v) is 10.4. The average Bonchev–Trinajstić information content (AvgIpc) is 3.29. The van der Waals surface area contributed by atoms with Gasteiger partial charge in [0.2, 0.25) is 11.8 Å². The van der Waals surface area contributed by atoms with E-state index in [1.807, 2.05) is 9.80 Å².